The molecule has 0 aliphatic rings. The molecule has 0 bridgehead atoms. The number of hydrogen-bond donors (Lipinski definition) is 0. The fraction of sp³-hybridized carbons (Fsp3) is 0.364. The first kappa shape index (κ1) is 18.8. The van der Waals surface area contributed by atoms with Crippen LogP contribution in [0.25, 0.3) is 0 Å². The van der Waals surface area contributed by atoms with Crippen LogP contribution in [0.3, 0.4) is 0 Å². The van der Waals surface area contributed by atoms with Gasteiger partial charge in [0.2, 0.25) is 0 Å². The van der Waals surface area contributed by atoms with E-state index >= 15 is 0 Å². The zero-order valence-corrected chi connectivity index (χ0v) is 13.8. The fourth-order valence-corrected chi connectivity index (χ4v) is 3.22. The van der Waals surface area contributed by atoms with Crippen molar-refractivity contribution in [3.8, 4) is 0 Å². The minimum absolute atomic E-state index is 0.256. The van der Waals surface area contributed by atoms with Gasteiger partial charge >= 0.3 is 17.1 Å². The molecule has 1 heterocycles. The lowest BCUT2D eigenvalue weighted by molar-refractivity contribution is 0.519. The number of aromatic nitrogens is 3. The van der Waals surface area contributed by atoms with Gasteiger partial charge in [-0.1, -0.05) is 26.5 Å². The third-order valence-electron chi connectivity index (χ3n) is 2.82. The van der Waals surface area contributed by atoms with E-state index in [9.17, 15) is 31.2 Å². The van der Waals surface area contributed by atoms with Crippen molar-refractivity contribution >= 4 is 20.0 Å². The van der Waals surface area contributed by atoms with E-state index in [1.165, 1.54) is 0 Å². The van der Waals surface area contributed by atoms with Crippen molar-refractivity contribution < 1.29 is 16.8 Å². The Balaban J connectivity index is 4.19. The van der Waals surface area contributed by atoms with Gasteiger partial charge in [0.15, 0.2) is 0 Å². The van der Waals surface area contributed by atoms with Crippen molar-refractivity contribution in [3.05, 3.63) is 55.4 Å². The summed E-state index contributed by atoms with van der Waals surface area (Å²) in [6, 6.07) is 0. The average molecular weight is 365 g/mol. The third kappa shape index (κ3) is 3.27. The highest BCUT2D eigenvalue weighted by Crippen LogP contribution is 1.95. The summed E-state index contributed by atoms with van der Waals surface area (Å²) in [6.07, 6.45) is 0.822. The maximum Gasteiger partial charge on any atom is 0.365 e. The molecule has 0 fully saturated rings. The van der Waals surface area contributed by atoms with E-state index in [4.69, 9.17) is 0 Å². The lowest BCUT2D eigenvalue weighted by Gasteiger charge is -2.11. The molecule has 1 aromatic heterocycles. The van der Waals surface area contributed by atoms with Crippen LogP contribution >= 0.6 is 0 Å². The topological polar surface area (TPSA) is 134 Å². The van der Waals surface area contributed by atoms with E-state index in [0.717, 1.165) is 0 Å². The predicted octanol–water partition coefficient (Wildman–Crippen LogP) is -1.39. The first-order valence-electron chi connectivity index (χ1n) is 6.30. The minimum atomic E-state index is -4.64. The molecule has 0 amide bonds. The van der Waals surface area contributed by atoms with Crippen LogP contribution in [-0.2, 0) is 26.6 Å². The Morgan fingerprint density at radius 3 is 1.57 bits per heavy atom. The van der Waals surface area contributed by atoms with Crippen LogP contribution in [-0.4, -0.2) is 29.3 Å². The van der Waals surface area contributed by atoms with Crippen molar-refractivity contribution in [3.63, 3.8) is 0 Å². The molecule has 12 heteroatoms. The predicted molar refractivity (Wildman–Crippen MR) is 83.2 cm³/mol. The molecule has 0 N–H and O–H groups in total. The summed E-state index contributed by atoms with van der Waals surface area (Å²) >= 11 is 0. The third-order valence-corrected chi connectivity index (χ3v) is 5.31. The Bertz CT molecular complexity index is 947. The fourth-order valence-electron chi connectivity index (χ4n) is 1.64. The monoisotopic (exact) mass is 365 g/mol. The quantitative estimate of drug-likeness (QED) is 0.581. The second-order valence-electron chi connectivity index (χ2n) is 4.30. The van der Waals surface area contributed by atoms with Crippen LogP contribution in [0.1, 0.15) is 19.8 Å². The van der Waals surface area contributed by atoms with Gasteiger partial charge in [-0.25, -0.2) is 35.8 Å². The Kier molecular flexibility index (Phi) is 5.32. The molecule has 0 aliphatic heterocycles. The second kappa shape index (κ2) is 6.50. The first-order valence-corrected chi connectivity index (χ1v) is 9.30. The maximum absolute atomic E-state index is 12.2. The smallest absolute Gasteiger partial charge is 0.246 e. The molecule has 0 aliphatic carbocycles. The molecule has 0 saturated heterocycles. The van der Waals surface area contributed by atoms with Crippen molar-refractivity contribution in [2.75, 3.05) is 0 Å². The van der Waals surface area contributed by atoms with Gasteiger partial charge in [-0.15, -0.1) is 7.94 Å². The van der Waals surface area contributed by atoms with Gasteiger partial charge in [0.1, 0.15) is 0 Å². The maximum atomic E-state index is 12.2. The summed E-state index contributed by atoms with van der Waals surface area (Å²) in [4.78, 5) is 36.4. The van der Waals surface area contributed by atoms with Gasteiger partial charge in [0.25, 0.3) is 20.0 Å². The minimum Gasteiger partial charge on any atom is -0.246 e. The van der Waals surface area contributed by atoms with Crippen molar-refractivity contribution in [2.45, 2.75) is 26.3 Å². The Morgan fingerprint density at radius 1 is 0.870 bits per heavy atom. The number of rotatable bonds is 7. The molecule has 10 nitrogen and oxygen atoms in total. The second-order valence-corrected chi connectivity index (χ2v) is 7.76. The standard InChI is InChI=1S/C11H15N3O7S2/c1-4-7-8-12-9(15)13(22(18,19)5-2)11(17)14(10(12)16)23(20,21)6-3/h5-6H,2-4,7-8H2,1H3. The summed E-state index contributed by atoms with van der Waals surface area (Å²) < 4.78 is 47.1. The average Bonchev–Trinajstić information content (AvgIpc) is 2.46. The van der Waals surface area contributed by atoms with Gasteiger partial charge in [-0.05, 0) is 6.42 Å². The summed E-state index contributed by atoms with van der Waals surface area (Å²) in [5.41, 5.74) is -4.74. The molecule has 1 rings (SSSR count). The largest absolute Gasteiger partial charge is 0.365 e. The zero-order valence-electron chi connectivity index (χ0n) is 12.2. The Hall–Kier alpha value is -2.21. The zero-order chi connectivity index (χ0) is 18.0. The van der Waals surface area contributed by atoms with E-state index < -0.39 is 37.1 Å². The Labute approximate surface area is 131 Å². The lowest BCUT2D eigenvalue weighted by Crippen LogP contribution is -2.57. The summed E-state index contributed by atoms with van der Waals surface area (Å²) in [5.74, 6) is 0. The van der Waals surface area contributed by atoms with E-state index in [2.05, 4.69) is 13.2 Å². The van der Waals surface area contributed by atoms with Gasteiger partial charge in [0, 0.05) is 17.4 Å². The Morgan fingerprint density at radius 2 is 1.26 bits per heavy atom. The summed E-state index contributed by atoms with van der Waals surface area (Å²) in [6.45, 7) is 7.41. The molecule has 0 atom stereocenters. The van der Waals surface area contributed by atoms with Crippen LogP contribution in [0.5, 0.6) is 0 Å². The van der Waals surface area contributed by atoms with Gasteiger partial charge in [0.05, 0.1) is 0 Å². The number of nitrogens with zero attached hydrogens (tertiary/aromatic N) is 3. The number of unbranched alkanes of at least 4 members (excludes halogenated alkanes) is 1. The normalized spacial score (nSPS) is 12.0. The molecule has 0 spiro atoms. The molecule has 1 aromatic rings. The first-order chi connectivity index (χ1) is 10.5. The highest BCUT2D eigenvalue weighted by atomic mass is 32.2. The van der Waals surface area contributed by atoms with Crippen molar-refractivity contribution in [2.24, 2.45) is 0 Å². The molecular weight excluding hydrogens is 350 g/mol. The molecular formula is C11H15N3O7S2. The van der Waals surface area contributed by atoms with Crippen molar-refractivity contribution in [1.82, 2.24) is 12.5 Å². The molecule has 128 valence electrons. The highest BCUT2D eigenvalue weighted by molar-refractivity contribution is 7.93. The van der Waals surface area contributed by atoms with Crippen molar-refractivity contribution in [1.29, 1.82) is 0 Å². The highest BCUT2D eigenvalue weighted by Gasteiger charge is 2.27. The molecule has 0 unspecified atom stereocenters. The van der Waals surface area contributed by atoms with Gasteiger partial charge in [-0.3, -0.25) is 0 Å². The summed E-state index contributed by atoms with van der Waals surface area (Å²) in [7, 11) is -9.28. The summed E-state index contributed by atoms with van der Waals surface area (Å²) in [5, 5.41) is 0.602. The molecule has 0 radical (unpaired) electrons. The van der Waals surface area contributed by atoms with Crippen LogP contribution in [0, 0.1) is 0 Å². The van der Waals surface area contributed by atoms with Crippen LogP contribution < -0.4 is 17.1 Å². The van der Waals surface area contributed by atoms with Crippen LogP contribution in [0.4, 0.5) is 0 Å². The number of hydrogen-bond acceptors (Lipinski definition) is 7. The van der Waals surface area contributed by atoms with E-state index in [1.807, 2.05) is 0 Å². The van der Waals surface area contributed by atoms with E-state index in [-0.39, 0.29) is 20.9 Å². The SMILES string of the molecule is C=CS(=O)(=O)n1c(=O)n(CCCC)c(=O)n(S(=O)(=O)C=C)c1=O. The molecule has 0 saturated carbocycles. The molecule has 0 aromatic carbocycles. The van der Waals surface area contributed by atoms with Crippen LogP contribution in [0.15, 0.2) is 38.4 Å². The van der Waals surface area contributed by atoms with Gasteiger partial charge in [-0.2, -0.15) is 0 Å². The lowest BCUT2D eigenvalue weighted by atomic mass is 10.3. The molecule has 23 heavy (non-hydrogen) atoms. The van der Waals surface area contributed by atoms with E-state index in [1.54, 1.807) is 6.92 Å². The van der Waals surface area contributed by atoms with Crippen LogP contribution in [0.2, 0.25) is 0 Å². The van der Waals surface area contributed by atoms with Gasteiger partial charge < -0.3 is 0 Å². The van der Waals surface area contributed by atoms with E-state index in [0.29, 0.717) is 21.8 Å².